The van der Waals surface area contributed by atoms with E-state index in [2.05, 4.69) is 5.32 Å². The van der Waals surface area contributed by atoms with Crippen LogP contribution in [0.5, 0.6) is 0 Å². The summed E-state index contributed by atoms with van der Waals surface area (Å²) in [5.41, 5.74) is 0. The molecule has 1 heteroatoms. The van der Waals surface area contributed by atoms with Gasteiger partial charge < -0.3 is 5.32 Å². The van der Waals surface area contributed by atoms with Crippen molar-refractivity contribution in [3.8, 4) is 0 Å². The molecular weight excluding hydrogens is 242 g/mol. The fourth-order valence-corrected chi connectivity index (χ4v) is 4.21. The van der Waals surface area contributed by atoms with Crippen LogP contribution in [0.15, 0.2) is 0 Å². The predicted molar refractivity (Wildman–Crippen MR) is 89.1 cm³/mol. The van der Waals surface area contributed by atoms with E-state index in [0.717, 1.165) is 11.8 Å². The smallest absolute Gasteiger partial charge is 0.00205 e. The molecule has 0 amide bonds. The molecule has 0 unspecified atom stereocenters. The van der Waals surface area contributed by atoms with Crippen LogP contribution in [0, 0.1) is 11.8 Å². The molecule has 2 aliphatic heterocycles. The van der Waals surface area contributed by atoms with E-state index >= 15 is 0 Å². The third kappa shape index (κ3) is 7.11. The SMILES string of the molecule is C1CCCC2CCCCCCC(CC1)CCCCNC2. The van der Waals surface area contributed by atoms with Gasteiger partial charge in [-0.25, -0.2) is 0 Å². The maximum atomic E-state index is 3.75. The minimum Gasteiger partial charge on any atom is -0.316 e. The largest absolute Gasteiger partial charge is 0.316 e. The van der Waals surface area contributed by atoms with Crippen molar-refractivity contribution in [1.29, 1.82) is 0 Å². The Balaban J connectivity index is 1.89. The van der Waals surface area contributed by atoms with Crippen molar-refractivity contribution in [2.45, 2.75) is 96.3 Å². The highest BCUT2D eigenvalue weighted by Crippen LogP contribution is 2.26. The summed E-state index contributed by atoms with van der Waals surface area (Å²) in [5.74, 6) is 2.02. The summed E-state index contributed by atoms with van der Waals surface area (Å²) in [4.78, 5) is 0. The number of hydrogen-bond donors (Lipinski definition) is 1. The van der Waals surface area contributed by atoms with Gasteiger partial charge in [0.15, 0.2) is 0 Å². The van der Waals surface area contributed by atoms with Gasteiger partial charge in [-0.3, -0.25) is 0 Å². The average Bonchev–Trinajstić information content (AvgIpc) is 2.47. The van der Waals surface area contributed by atoms with Gasteiger partial charge in [0.05, 0.1) is 0 Å². The zero-order valence-electron chi connectivity index (χ0n) is 13.7. The Hall–Kier alpha value is -0.0400. The Labute approximate surface area is 127 Å². The lowest BCUT2D eigenvalue weighted by molar-refractivity contribution is 0.334. The first-order valence-corrected chi connectivity index (χ1v) is 9.66. The highest BCUT2D eigenvalue weighted by molar-refractivity contribution is 4.68. The molecule has 1 nitrogen and oxygen atoms in total. The average molecular weight is 280 g/mol. The van der Waals surface area contributed by atoms with Crippen LogP contribution in [-0.2, 0) is 0 Å². The van der Waals surface area contributed by atoms with Gasteiger partial charge in [-0.15, -0.1) is 0 Å². The van der Waals surface area contributed by atoms with Crippen molar-refractivity contribution in [3.05, 3.63) is 0 Å². The lowest BCUT2D eigenvalue weighted by atomic mass is 9.88. The molecule has 3 fully saturated rings. The van der Waals surface area contributed by atoms with E-state index in [0.29, 0.717) is 0 Å². The summed E-state index contributed by atoms with van der Waals surface area (Å²) in [7, 11) is 0. The zero-order chi connectivity index (χ0) is 13.9. The maximum Gasteiger partial charge on any atom is -0.00205 e. The Morgan fingerprint density at radius 3 is 1.45 bits per heavy atom. The summed E-state index contributed by atoms with van der Waals surface area (Å²) < 4.78 is 0. The molecule has 1 N–H and O–H groups in total. The van der Waals surface area contributed by atoms with E-state index < -0.39 is 0 Å². The van der Waals surface area contributed by atoms with E-state index in [9.17, 15) is 0 Å². The van der Waals surface area contributed by atoms with Crippen molar-refractivity contribution < 1.29 is 0 Å². The molecule has 2 saturated heterocycles. The molecule has 118 valence electrons. The van der Waals surface area contributed by atoms with Crippen molar-refractivity contribution in [1.82, 2.24) is 5.32 Å². The molecule has 2 bridgehead atoms. The quantitative estimate of drug-likeness (QED) is 0.601. The fourth-order valence-electron chi connectivity index (χ4n) is 4.21. The van der Waals surface area contributed by atoms with Gasteiger partial charge in [0, 0.05) is 0 Å². The van der Waals surface area contributed by atoms with Gasteiger partial charge in [0.25, 0.3) is 0 Å². The first-order chi connectivity index (χ1) is 9.95. The Kier molecular flexibility index (Phi) is 8.70. The standard InChI is InChI=1S/C19H37N/c1-3-7-14-19-15-8-4-2-6-12-18(11-5-1)13-9-10-16-20-17-19/h18-20H,1-17H2. The minimum absolute atomic E-state index is 0.966. The van der Waals surface area contributed by atoms with E-state index in [-0.39, 0.29) is 0 Å². The van der Waals surface area contributed by atoms with Crippen LogP contribution in [0.1, 0.15) is 96.3 Å². The van der Waals surface area contributed by atoms with E-state index in [1.54, 1.807) is 0 Å². The molecule has 0 spiro atoms. The second-order valence-corrected chi connectivity index (χ2v) is 7.42. The Morgan fingerprint density at radius 1 is 0.450 bits per heavy atom. The zero-order valence-corrected chi connectivity index (χ0v) is 13.7. The third-order valence-corrected chi connectivity index (χ3v) is 5.60. The summed E-state index contributed by atoms with van der Waals surface area (Å²) in [5, 5.41) is 3.75. The molecule has 3 rings (SSSR count). The molecule has 3 aliphatic rings. The number of rotatable bonds is 0. The van der Waals surface area contributed by atoms with Crippen LogP contribution in [-0.4, -0.2) is 13.1 Å². The van der Waals surface area contributed by atoms with Crippen LogP contribution in [0.4, 0.5) is 0 Å². The van der Waals surface area contributed by atoms with E-state index in [1.807, 2.05) is 0 Å². The van der Waals surface area contributed by atoms with Gasteiger partial charge in [0.2, 0.25) is 0 Å². The monoisotopic (exact) mass is 279 g/mol. The minimum atomic E-state index is 0.966. The summed E-state index contributed by atoms with van der Waals surface area (Å²) in [6, 6.07) is 0. The predicted octanol–water partition coefficient (Wildman–Crippen LogP) is 5.69. The molecule has 1 aliphatic carbocycles. The first kappa shape index (κ1) is 16.3. The third-order valence-electron chi connectivity index (χ3n) is 5.60. The van der Waals surface area contributed by atoms with Gasteiger partial charge in [0.1, 0.15) is 0 Å². The summed E-state index contributed by atoms with van der Waals surface area (Å²) in [6.07, 6.45) is 22.3. The van der Waals surface area contributed by atoms with Crippen LogP contribution in [0.25, 0.3) is 0 Å². The van der Waals surface area contributed by atoms with E-state index in [1.165, 1.54) is 109 Å². The van der Waals surface area contributed by atoms with Crippen molar-refractivity contribution in [2.24, 2.45) is 11.8 Å². The lowest BCUT2D eigenvalue weighted by Crippen LogP contribution is -2.24. The van der Waals surface area contributed by atoms with Gasteiger partial charge >= 0.3 is 0 Å². The molecule has 0 aromatic carbocycles. The van der Waals surface area contributed by atoms with Gasteiger partial charge in [-0.2, -0.15) is 0 Å². The fraction of sp³-hybridized carbons (Fsp3) is 1.00. The molecule has 0 aromatic rings. The normalized spacial score (nSPS) is 32.4. The van der Waals surface area contributed by atoms with Gasteiger partial charge in [-0.1, -0.05) is 77.0 Å². The number of nitrogens with one attached hydrogen (secondary N) is 1. The molecular formula is C19H37N. The molecule has 1 saturated carbocycles. The number of hydrogen-bond acceptors (Lipinski definition) is 1. The molecule has 0 radical (unpaired) electrons. The van der Waals surface area contributed by atoms with Crippen LogP contribution in [0.3, 0.4) is 0 Å². The highest BCUT2D eigenvalue weighted by Gasteiger charge is 2.12. The first-order valence-electron chi connectivity index (χ1n) is 9.66. The van der Waals surface area contributed by atoms with Gasteiger partial charge in [-0.05, 0) is 44.2 Å². The second kappa shape index (κ2) is 10.7. The Bertz CT molecular complexity index is 164. The lowest BCUT2D eigenvalue weighted by Gasteiger charge is -2.21. The molecule has 0 aromatic heterocycles. The summed E-state index contributed by atoms with van der Waals surface area (Å²) >= 11 is 0. The number of fused-ring (bicyclic) bond motifs is 15. The van der Waals surface area contributed by atoms with Crippen molar-refractivity contribution in [3.63, 3.8) is 0 Å². The van der Waals surface area contributed by atoms with Crippen LogP contribution in [0.2, 0.25) is 0 Å². The molecule has 20 heavy (non-hydrogen) atoms. The van der Waals surface area contributed by atoms with Crippen molar-refractivity contribution >= 4 is 0 Å². The van der Waals surface area contributed by atoms with Crippen LogP contribution >= 0.6 is 0 Å². The molecule has 0 atom stereocenters. The van der Waals surface area contributed by atoms with Crippen molar-refractivity contribution in [2.75, 3.05) is 13.1 Å². The van der Waals surface area contributed by atoms with Crippen LogP contribution < -0.4 is 5.32 Å². The second-order valence-electron chi connectivity index (χ2n) is 7.42. The highest BCUT2D eigenvalue weighted by atomic mass is 14.8. The molecule has 2 heterocycles. The summed E-state index contributed by atoms with van der Waals surface area (Å²) in [6.45, 7) is 2.56. The van der Waals surface area contributed by atoms with E-state index in [4.69, 9.17) is 0 Å². The Morgan fingerprint density at radius 2 is 0.900 bits per heavy atom. The topological polar surface area (TPSA) is 12.0 Å². The maximum absolute atomic E-state index is 3.75.